The van der Waals surface area contributed by atoms with Crippen molar-refractivity contribution in [2.45, 2.75) is 26.8 Å². The average molecular weight is 439 g/mol. The molecule has 29 heavy (non-hydrogen) atoms. The van der Waals surface area contributed by atoms with Crippen molar-refractivity contribution in [3.8, 4) is 5.75 Å². The van der Waals surface area contributed by atoms with Gasteiger partial charge >= 0.3 is 5.97 Å². The molecule has 0 heterocycles. The minimum atomic E-state index is -1.29. The maximum atomic E-state index is 12.9. The Kier molecular flexibility index (Phi) is 6.77. The van der Waals surface area contributed by atoms with Crippen molar-refractivity contribution in [3.05, 3.63) is 52.0 Å². The number of benzene rings is 2. The topological polar surface area (TPSA) is 116 Å². The number of Topliss-reactive ketones (excluding diaryl/α,β-unsaturated/α-hetero) is 1. The number of nitrogens with one attached hydrogen (secondary N) is 2. The number of phenolic OH excluding ortho intramolecular Hbond substituents is 1. The lowest BCUT2D eigenvalue weighted by Gasteiger charge is -2.25. The molecule has 2 rings (SSSR count). The molecule has 1 amide bonds. The summed E-state index contributed by atoms with van der Waals surface area (Å²) < 4.78 is 0. The highest BCUT2D eigenvalue weighted by Crippen LogP contribution is 2.35. The summed E-state index contributed by atoms with van der Waals surface area (Å²) in [5, 5.41) is 24.0. The summed E-state index contributed by atoms with van der Waals surface area (Å²) >= 11 is 11.8. The highest BCUT2D eigenvalue weighted by Gasteiger charge is 2.35. The van der Waals surface area contributed by atoms with Crippen LogP contribution in [0, 0.1) is 5.41 Å². The molecule has 0 radical (unpaired) electrons. The van der Waals surface area contributed by atoms with E-state index in [9.17, 15) is 19.5 Å². The number of aromatic hydroxyl groups is 1. The van der Waals surface area contributed by atoms with E-state index in [1.807, 2.05) is 0 Å². The second kappa shape index (κ2) is 8.71. The van der Waals surface area contributed by atoms with Crippen LogP contribution in [0.15, 0.2) is 36.4 Å². The number of anilines is 2. The van der Waals surface area contributed by atoms with Crippen molar-refractivity contribution in [2.75, 3.05) is 10.6 Å². The van der Waals surface area contributed by atoms with E-state index < -0.39 is 29.1 Å². The van der Waals surface area contributed by atoms with Gasteiger partial charge in [0.05, 0.1) is 15.6 Å². The highest BCUT2D eigenvalue weighted by atomic mass is 35.5. The standard InChI is InChI=1S/C20H20Cl2N2O5/c1-20(2,3)17(26)15(23-12-8-13(21)16(25)14(22)9-12)18(27)24-11-6-4-10(5-7-11)19(28)29/h4-9,15,23,25H,1-3H3,(H,24,27)(H,28,29). The van der Waals surface area contributed by atoms with Gasteiger partial charge in [0.2, 0.25) is 0 Å². The summed E-state index contributed by atoms with van der Waals surface area (Å²) in [4.78, 5) is 36.6. The largest absolute Gasteiger partial charge is 0.505 e. The van der Waals surface area contributed by atoms with Crippen LogP contribution in [-0.4, -0.2) is 33.9 Å². The van der Waals surface area contributed by atoms with Crippen molar-refractivity contribution in [1.29, 1.82) is 0 Å². The van der Waals surface area contributed by atoms with Crippen molar-refractivity contribution in [3.63, 3.8) is 0 Å². The fourth-order valence-corrected chi connectivity index (χ4v) is 2.90. The number of hydrogen-bond acceptors (Lipinski definition) is 5. The minimum Gasteiger partial charge on any atom is -0.505 e. The molecule has 0 aromatic heterocycles. The number of carbonyl (C=O) groups is 3. The molecule has 2 aromatic carbocycles. The third-order valence-electron chi connectivity index (χ3n) is 3.99. The number of carbonyl (C=O) groups excluding carboxylic acids is 2. The Morgan fingerprint density at radius 2 is 1.48 bits per heavy atom. The van der Waals surface area contributed by atoms with Crippen LogP contribution in [0.1, 0.15) is 31.1 Å². The van der Waals surface area contributed by atoms with E-state index in [0.717, 1.165) is 0 Å². The van der Waals surface area contributed by atoms with E-state index in [1.54, 1.807) is 20.8 Å². The first-order valence-electron chi connectivity index (χ1n) is 8.53. The average Bonchev–Trinajstić information content (AvgIpc) is 2.63. The van der Waals surface area contributed by atoms with Gasteiger partial charge in [-0.25, -0.2) is 4.79 Å². The number of hydrogen-bond donors (Lipinski definition) is 4. The Bertz CT molecular complexity index is 929. The number of rotatable bonds is 6. The molecule has 4 N–H and O–H groups in total. The Morgan fingerprint density at radius 3 is 1.93 bits per heavy atom. The molecule has 0 aliphatic rings. The summed E-state index contributed by atoms with van der Waals surface area (Å²) in [5.74, 6) is -2.43. The number of carboxylic acid groups (broad SMARTS) is 1. The number of ketones is 1. The van der Waals surface area contributed by atoms with E-state index in [-0.39, 0.29) is 27.0 Å². The van der Waals surface area contributed by atoms with Crippen molar-refractivity contribution >= 4 is 52.2 Å². The monoisotopic (exact) mass is 438 g/mol. The van der Waals surface area contributed by atoms with Crippen LogP contribution in [0.3, 0.4) is 0 Å². The molecule has 0 aliphatic carbocycles. The first-order valence-corrected chi connectivity index (χ1v) is 9.29. The van der Waals surface area contributed by atoms with Gasteiger partial charge in [-0.3, -0.25) is 9.59 Å². The van der Waals surface area contributed by atoms with Gasteiger partial charge < -0.3 is 20.8 Å². The van der Waals surface area contributed by atoms with Crippen molar-refractivity contribution < 1.29 is 24.6 Å². The molecule has 0 fully saturated rings. The lowest BCUT2D eigenvalue weighted by molar-refractivity contribution is -0.131. The maximum absolute atomic E-state index is 12.9. The van der Waals surface area contributed by atoms with Crippen LogP contribution >= 0.6 is 23.2 Å². The van der Waals surface area contributed by atoms with Gasteiger partial charge in [0.25, 0.3) is 5.91 Å². The Labute approximate surface area is 177 Å². The fourth-order valence-electron chi connectivity index (χ4n) is 2.41. The Morgan fingerprint density at radius 1 is 0.966 bits per heavy atom. The number of carboxylic acids is 1. The molecule has 7 nitrogen and oxygen atoms in total. The summed E-state index contributed by atoms with van der Waals surface area (Å²) in [6.07, 6.45) is 0. The predicted octanol–water partition coefficient (Wildman–Crippen LogP) is 4.43. The quantitative estimate of drug-likeness (QED) is 0.391. The second-order valence-electron chi connectivity index (χ2n) is 7.35. The summed E-state index contributed by atoms with van der Waals surface area (Å²) in [6.45, 7) is 5.03. The third-order valence-corrected chi connectivity index (χ3v) is 4.57. The van der Waals surface area contributed by atoms with Crippen LogP contribution in [-0.2, 0) is 9.59 Å². The highest BCUT2D eigenvalue weighted by molar-refractivity contribution is 6.37. The molecule has 0 spiro atoms. The van der Waals surface area contributed by atoms with E-state index in [1.165, 1.54) is 36.4 Å². The smallest absolute Gasteiger partial charge is 0.335 e. The first-order chi connectivity index (χ1) is 13.4. The maximum Gasteiger partial charge on any atom is 0.335 e. The van der Waals surface area contributed by atoms with Gasteiger partial charge in [-0.1, -0.05) is 44.0 Å². The van der Waals surface area contributed by atoms with E-state index in [0.29, 0.717) is 5.69 Å². The summed E-state index contributed by atoms with van der Waals surface area (Å²) in [7, 11) is 0. The zero-order valence-corrected chi connectivity index (χ0v) is 17.4. The van der Waals surface area contributed by atoms with Gasteiger partial charge in [0.1, 0.15) is 0 Å². The molecule has 2 aromatic rings. The fraction of sp³-hybridized carbons (Fsp3) is 0.250. The molecular weight excluding hydrogens is 419 g/mol. The SMILES string of the molecule is CC(C)(C)C(=O)C(Nc1cc(Cl)c(O)c(Cl)c1)C(=O)Nc1ccc(C(=O)O)cc1. The van der Waals surface area contributed by atoms with Gasteiger partial charge in [-0.15, -0.1) is 0 Å². The molecule has 9 heteroatoms. The van der Waals surface area contributed by atoms with Gasteiger partial charge in [-0.2, -0.15) is 0 Å². The molecule has 1 atom stereocenters. The first kappa shape index (κ1) is 22.5. The molecule has 0 bridgehead atoms. The van der Waals surface area contributed by atoms with Crippen LogP contribution in [0.4, 0.5) is 11.4 Å². The van der Waals surface area contributed by atoms with Crippen molar-refractivity contribution in [1.82, 2.24) is 0 Å². The van der Waals surface area contributed by atoms with E-state index in [4.69, 9.17) is 28.3 Å². The van der Waals surface area contributed by atoms with Crippen LogP contribution < -0.4 is 10.6 Å². The number of phenols is 1. The minimum absolute atomic E-state index is 0.0355. The molecule has 1 unspecified atom stereocenters. The Balaban J connectivity index is 2.31. The van der Waals surface area contributed by atoms with Gasteiger partial charge in [0.15, 0.2) is 17.6 Å². The molecule has 154 valence electrons. The molecular formula is C20H20Cl2N2O5. The summed E-state index contributed by atoms with van der Waals surface area (Å²) in [5.41, 5.74) is -0.170. The van der Waals surface area contributed by atoms with E-state index in [2.05, 4.69) is 10.6 Å². The van der Waals surface area contributed by atoms with Gasteiger partial charge in [0, 0.05) is 16.8 Å². The normalized spacial score (nSPS) is 12.2. The second-order valence-corrected chi connectivity index (χ2v) is 8.17. The van der Waals surface area contributed by atoms with Crippen LogP contribution in [0.5, 0.6) is 5.75 Å². The molecule has 0 saturated carbocycles. The van der Waals surface area contributed by atoms with Crippen molar-refractivity contribution in [2.24, 2.45) is 5.41 Å². The lowest BCUT2D eigenvalue weighted by Crippen LogP contribution is -2.46. The summed E-state index contributed by atoms with van der Waals surface area (Å²) in [6, 6.07) is 6.94. The zero-order valence-electron chi connectivity index (χ0n) is 15.9. The molecule has 0 saturated heterocycles. The van der Waals surface area contributed by atoms with Crippen LogP contribution in [0.25, 0.3) is 0 Å². The van der Waals surface area contributed by atoms with Gasteiger partial charge in [-0.05, 0) is 36.4 Å². The number of halogens is 2. The lowest BCUT2D eigenvalue weighted by atomic mass is 9.86. The predicted molar refractivity (Wildman–Crippen MR) is 112 cm³/mol. The molecule has 0 aliphatic heterocycles. The zero-order chi connectivity index (χ0) is 21.9. The third kappa shape index (κ3) is 5.62. The number of aromatic carboxylic acids is 1. The number of amides is 1. The van der Waals surface area contributed by atoms with E-state index >= 15 is 0 Å². The Hall–Kier alpha value is -2.77. The van der Waals surface area contributed by atoms with Crippen LogP contribution in [0.2, 0.25) is 10.0 Å².